The summed E-state index contributed by atoms with van der Waals surface area (Å²) in [6.45, 7) is 0.140. The van der Waals surface area contributed by atoms with E-state index in [0.717, 1.165) is 11.3 Å². The Balaban J connectivity index is 2.12. The van der Waals surface area contributed by atoms with Crippen LogP contribution in [0.25, 0.3) is 5.76 Å². The Morgan fingerprint density at radius 2 is 1.68 bits per heavy atom. The van der Waals surface area contributed by atoms with Crippen molar-refractivity contribution >= 4 is 23.1 Å². The first kappa shape index (κ1) is 19.6. The van der Waals surface area contributed by atoms with E-state index in [0.29, 0.717) is 12.0 Å². The molecule has 1 atom stereocenters. The lowest BCUT2D eigenvalue weighted by Gasteiger charge is -2.25. The maximum absolute atomic E-state index is 12.8. The molecule has 1 amide bonds. The first-order valence-electron chi connectivity index (χ1n) is 9.17. The van der Waals surface area contributed by atoms with Gasteiger partial charge in [-0.3, -0.25) is 9.59 Å². The third-order valence-electron chi connectivity index (χ3n) is 4.87. The fourth-order valence-electron chi connectivity index (χ4n) is 3.40. The Hall–Kier alpha value is -3.12. The minimum absolute atomic E-state index is 0.0757. The Morgan fingerprint density at radius 1 is 1.04 bits per heavy atom. The number of hydrogen-bond acceptors (Lipinski definition) is 5. The average molecular weight is 380 g/mol. The van der Waals surface area contributed by atoms with Gasteiger partial charge in [0.25, 0.3) is 11.7 Å². The van der Waals surface area contributed by atoms with Crippen LogP contribution >= 0.6 is 0 Å². The summed E-state index contributed by atoms with van der Waals surface area (Å²) in [6, 6.07) is 15.6. The van der Waals surface area contributed by atoms with Crippen LogP contribution in [0.4, 0.5) is 5.69 Å². The number of Topliss-reactive ketones (excluding diaryl/α,β-unsaturated/α-hetero) is 1. The molecule has 1 aliphatic rings. The molecule has 0 saturated carbocycles. The summed E-state index contributed by atoms with van der Waals surface area (Å²) in [5.41, 5.74) is 2.28. The third kappa shape index (κ3) is 3.64. The number of aliphatic hydroxyl groups is 2. The van der Waals surface area contributed by atoms with Crippen LogP contribution in [0.1, 0.15) is 23.6 Å². The number of amides is 1. The maximum atomic E-state index is 12.8. The number of aliphatic hydroxyl groups excluding tert-OH is 2. The van der Waals surface area contributed by atoms with Gasteiger partial charge in [0.1, 0.15) is 5.76 Å². The van der Waals surface area contributed by atoms with Crippen molar-refractivity contribution in [2.75, 3.05) is 32.1 Å². The largest absolute Gasteiger partial charge is 0.507 e. The van der Waals surface area contributed by atoms with Crippen molar-refractivity contribution in [2.24, 2.45) is 0 Å². The number of anilines is 1. The Bertz CT molecular complexity index is 889. The van der Waals surface area contributed by atoms with Gasteiger partial charge in [-0.05, 0) is 24.1 Å². The van der Waals surface area contributed by atoms with Gasteiger partial charge in [0.05, 0.1) is 11.6 Å². The third-order valence-corrected chi connectivity index (χ3v) is 4.87. The summed E-state index contributed by atoms with van der Waals surface area (Å²) >= 11 is 0. The lowest BCUT2D eigenvalue weighted by molar-refractivity contribution is -0.140. The first-order chi connectivity index (χ1) is 13.5. The number of rotatable bonds is 6. The van der Waals surface area contributed by atoms with Crippen molar-refractivity contribution in [1.82, 2.24) is 4.90 Å². The molecule has 3 rings (SSSR count). The van der Waals surface area contributed by atoms with Crippen molar-refractivity contribution in [3.05, 3.63) is 71.3 Å². The van der Waals surface area contributed by atoms with E-state index in [2.05, 4.69) is 0 Å². The number of benzene rings is 2. The molecule has 28 heavy (non-hydrogen) atoms. The molecule has 2 N–H and O–H groups in total. The SMILES string of the molecule is CN(C)c1ccc([C@@H]2C(=C(O)c3ccccc3)C(=O)C(=O)N2CCCO)cc1. The highest BCUT2D eigenvalue weighted by Crippen LogP contribution is 2.39. The predicted octanol–water partition coefficient (Wildman–Crippen LogP) is 2.56. The first-order valence-corrected chi connectivity index (χ1v) is 9.17. The molecule has 6 nitrogen and oxygen atoms in total. The molecule has 0 bridgehead atoms. The number of nitrogens with zero attached hydrogens (tertiary/aromatic N) is 2. The zero-order chi connectivity index (χ0) is 20.3. The molecule has 2 aromatic carbocycles. The van der Waals surface area contributed by atoms with Crippen molar-refractivity contribution in [2.45, 2.75) is 12.5 Å². The van der Waals surface area contributed by atoms with E-state index >= 15 is 0 Å². The monoisotopic (exact) mass is 380 g/mol. The zero-order valence-electron chi connectivity index (χ0n) is 16.0. The lowest BCUT2D eigenvalue weighted by atomic mass is 9.95. The minimum Gasteiger partial charge on any atom is -0.507 e. The van der Waals surface area contributed by atoms with Gasteiger partial charge in [-0.15, -0.1) is 0 Å². The topological polar surface area (TPSA) is 81.1 Å². The van der Waals surface area contributed by atoms with Gasteiger partial charge in [-0.25, -0.2) is 0 Å². The number of likely N-dealkylation sites (tertiary alicyclic amines) is 1. The molecule has 1 fully saturated rings. The highest BCUT2D eigenvalue weighted by atomic mass is 16.3. The van der Waals surface area contributed by atoms with Gasteiger partial charge < -0.3 is 20.0 Å². The molecular formula is C22H24N2O4. The molecule has 1 aliphatic heterocycles. The van der Waals surface area contributed by atoms with Gasteiger partial charge in [0.15, 0.2) is 0 Å². The summed E-state index contributed by atoms with van der Waals surface area (Å²) in [6.07, 6.45) is 0.352. The van der Waals surface area contributed by atoms with Crippen molar-refractivity contribution < 1.29 is 19.8 Å². The summed E-state index contributed by atoms with van der Waals surface area (Å²) in [5, 5.41) is 20.0. The number of ketones is 1. The smallest absolute Gasteiger partial charge is 0.295 e. The molecule has 0 radical (unpaired) electrons. The normalized spacial score (nSPS) is 18.5. The Kier molecular flexibility index (Phi) is 5.80. The lowest BCUT2D eigenvalue weighted by Crippen LogP contribution is -2.31. The summed E-state index contributed by atoms with van der Waals surface area (Å²) in [4.78, 5) is 28.8. The molecule has 0 unspecified atom stereocenters. The van der Waals surface area contributed by atoms with E-state index in [-0.39, 0.29) is 24.5 Å². The summed E-state index contributed by atoms with van der Waals surface area (Å²) in [7, 11) is 3.86. The van der Waals surface area contributed by atoms with Crippen LogP contribution in [0.5, 0.6) is 0 Å². The molecule has 0 spiro atoms. The van der Waals surface area contributed by atoms with Gasteiger partial charge in [0, 0.05) is 38.5 Å². The quantitative estimate of drug-likeness (QED) is 0.457. The standard InChI is InChI=1S/C22H24N2O4/c1-23(2)17-11-9-15(10-12-17)19-18(20(26)16-7-4-3-5-8-16)21(27)22(28)24(19)13-6-14-25/h3-5,7-12,19,25-26H,6,13-14H2,1-2H3/t19-/m1/s1. The van der Waals surface area contributed by atoms with Crippen LogP contribution in [-0.2, 0) is 9.59 Å². The molecule has 146 valence electrons. The second-order valence-corrected chi connectivity index (χ2v) is 6.92. The molecule has 0 aliphatic carbocycles. The van der Waals surface area contributed by atoms with Gasteiger partial charge >= 0.3 is 0 Å². The molecule has 6 heteroatoms. The molecule has 0 aromatic heterocycles. The van der Waals surface area contributed by atoms with Crippen LogP contribution in [-0.4, -0.2) is 54.1 Å². The van der Waals surface area contributed by atoms with Gasteiger partial charge in [-0.2, -0.15) is 0 Å². The van der Waals surface area contributed by atoms with E-state index in [1.807, 2.05) is 49.3 Å². The molecule has 2 aromatic rings. The number of carbonyl (C=O) groups excluding carboxylic acids is 2. The van der Waals surface area contributed by atoms with Crippen molar-refractivity contribution in [3.8, 4) is 0 Å². The van der Waals surface area contributed by atoms with E-state index in [1.165, 1.54) is 4.90 Å². The highest BCUT2D eigenvalue weighted by Gasteiger charge is 2.45. The van der Waals surface area contributed by atoms with E-state index in [1.54, 1.807) is 24.3 Å². The van der Waals surface area contributed by atoms with Crippen molar-refractivity contribution in [1.29, 1.82) is 0 Å². The maximum Gasteiger partial charge on any atom is 0.295 e. The Labute approximate surface area is 164 Å². The van der Waals surface area contributed by atoms with Crippen molar-refractivity contribution in [3.63, 3.8) is 0 Å². The fraction of sp³-hybridized carbons (Fsp3) is 0.273. The molecule has 1 saturated heterocycles. The fourth-order valence-corrected chi connectivity index (χ4v) is 3.40. The van der Waals surface area contributed by atoms with Crippen LogP contribution in [0, 0.1) is 0 Å². The van der Waals surface area contributed by atoms with Crippen LogP contribution in [0.3, 0.4) is 0 Å². The van der Waals surface area contributed by atoms with Gasteiger partial charge in [-0.1, -0.05) is 42.5 Å². The molecular weight excluding hydrogens is 356 g/mol. The number of hydrogen-bond donors (Lipinski definition) is 2. The zero-order valence-corrected chi connectivity index (χ0v) is 16.0. The van der Waals surface area contributed by atoms with E-state index < -0.39 is 17.7 Å². The van der Waals surface area contributed by atoms with Crippen LogP contribution < -0.4 is 4.90 Å². The summed E-state index contributed by atoms with van der Waals surface area (Å²) in [5.74, 6) is -1.55. The van der Waals surface area contributed by atoms with E-state index in [9.17, 15) is 19.8 Å². The Morgan fingerprint density at radius 3 is 2.25 bits per heavy atom. The average Bonchev–Trinajstić information content (AvgIpc) is 2.97. The predicted molar refractivity (Wildman–Crippen MR) is 108 cm³/mol. The second kappa shape index (κ2) is 8.27. The van der Waals surface area contributed by atoms with Gasteiger partial charge in [0.2, 0.25) is 0 Å². The second-order valence-electron chi connectivity index (χ2n) is 6.92. The van der Waals surface area contributed by atoms with Crippen LogP contribution in [0.2, 0.25) is 0 Å². The van der Waals surface area contributed by atoms with E-state index in [4.69, 9.17) is 0 Å². The minimum atomic E-state index is -0.707. The molecule has 1 heterocycles. The number of carbonyl (C=O) groups is 2. The summed E-state index contributed by atoms with van der Waals surface area (Å²) < 4.78 is 0. The van der Waals surface area contributed by atoms with Crippen LogP contribution in [0.15, 0.2) is 60.2 Å². The highest BCUT2D eigenvalue weighted by molar-refractivity contribution is 6.46.